The zero-order valence-electron chi connectivity index (χ0n) is 10.9. The normalized spacial score (nSPS) is 11.4. The smallest absolute Gasteiger partial charge is 0.0939 e. The van der Waals surface area contributed by atoms with Gasteiger partial charge >= 0.3 is 0 Å². The molecule has 0 amide bonds. The summed E-state index contributed by atoms with van der Waals surface area (Å²) in [4.78, 5) is 0. The van der Waals surface area contributed by atoms with Gasteiger partial charge in [-0.1, -0.05) is 64.4 Å². The van der Waals surface area contributed by atoms with E-state index in [1.165, 1.54) is 57.8 Å². The van der Waals surface area contributed by atoms with E-state index < -0.39 is 0 Å². The lowest BCUT2D eigenvalue weighted by Gasteiger charge is -2.00. The maximum atomic E-state index is 10.0. The third-order valence-electron chi connectivity index (χ3n) is 2.87. The molecule has 0 rings (SSSR count). The number of hydrogen-bond acceptors (Lipinski definition) is 1. The Morgan fingerprint density at radius 1 is 0.812 bits per heavy atom. The Kier molecular flexibility index (Phi) is 14.3. The van der Waals surface area contributed by atoms with E-state index in [1.807, 2.05) is 6.08 Å². The first-order chi connectivity index (χ1) is 7.91. The van der Waals surface area contributed by atoms with Gasteiger partial charge in [0, 0.05) is 0 Å². The number of allylic oxidation sites excluding steroid dienone is 1. The van der Waals surface area contributed by atoms with Crippen molar-refractivity contribution in [2.75, 3.05) is 6.54 Å². The van der Waals surface area contributed by atoms with Crippen molar-refractivity contribution in [3.63, 3.8) is 0 Å². The van der Waals surface area contributed by atoms with E-state index in [1.54, 1.807) is 0 Å². The number of nitrogens with two attached hydrogens (primary N) is 1. The van der Waals surface area contributed by atoms with Crippen LogP contribution in [0.15, 0.2) is 12.2 Å². The molecular weight excluding hydrogens is 198 g/mol. The molecule has 0 aromatic carbocycles. The quantitative estimate of drug-likeness (QED) is 0.309. The number of rotatable bonds is 12. The first-order valence-electron chi connectivity index (χ1n) is 7.00. The maximum Gasteiger partial charge on any atom is 0.0939 e. The first-order valence-corrected chi connectivity index (χ1v) is 7.00. The van der Waals surface area contributed by atoms with Crippen molar-refractivity contribution >= 4 is 0 Å². The van der Waals surface area contributed by atoms with Crippen molar-refractivity contribution in [2.45, 2.75) is 71.1 Å². The molecule has 2 nitrogen and oxygen atoms in total. The molecule has 0 heterocycles. The lowest BCUT2D eigenvalue weighted by atomic mass is 10.1. The number of hydrogen-bond donors (Lipinski definition) is 1. The van der Waals surface area contributed by atoms with E-state index in [0.717, 1.165) is 11.9 Å². The van der Waals surface area contributed by atoms with Gasteiger partial charge in [-0.05, 0) is 18.9 Å². The van der Waals surface area contributed by atoms with Crippen LogP contribution in [0.3, 0.4) is 0 Å². The molecule has 0 atom stereocenters. The highest BCUT2D eigenvalue weighted by molar-refractivity contribution is 4.80. The summed E-state index contributed by atoms with van der Waals surface area (Å²) < 4.78 is 0. The van der Waals surface area contributed by atoms with Crippen molar-refractivity contribution in [3.05, 3.63) is 17.4 Å². The van der Waals surface area contributed by atoms with Crippen LogP contribution in [0.25, 0.3) is 0 Å². The topological polar surface area (TPSA) is 39.7 Å². The monoisotopic (exact) mass is 227 g/mol. The second-order valence-corrected chi connectivity index (χ2v) is 4.49. The average molecular weight is 227 g/mol. The minimum absolute atomic E-state index is 0.581. The zero-order valence-corrected chi connectivity index (χ0v) is 10.9. The van der Waals surface area contributed by atoms with E-state index in [0.29, 0.717) is 6.54 Å². The predicted molar refractivity (Wildman–Crippen MR) is 71.1 cm³/mol. The highest BCUT2D eigenvalue weighted by atomic mass is 16.5. The third kappa shape index (κ3) is 13.7. The summed E-state index contributed by atoms with van der Waals surface area (Å²) in [6, 6.07) is 0. The third-order valence-corrected chi connectivity index (χ3v) is 2.87. The Bertz CT molecular complexity index is 146. The number of unbranched alkanes of at least 4 members (excludes halogenated alkanes) is 9. The maximum absolute atomic E-state index is 10.0. The van der Waals surface area contributed by atoms with Crippen LogP contribution in [-0.4, -0.2) is 6.54 Å². The van der Waals surface area contributed by atoms with Crippen LogP contribution in [0.5, 0.6) is 0 Å². The largest absolute Gasteiger partial charge is 0.636 e. The van der Waals surface area contributed by atoms with Crippen LogP contribution in [0.1, 0.15) is 71.1 Å². The van der Waals surface area contributed by atoms with Crippen molar-refractivity contribution in [1.29, 1.82) is 0 Å². The minimum atomic E-state index is 0.581. The fourth-order valence-electron chi connectivity index (χ4n) is 1.84. The standard InChI is InChI=1S/C14H29NO/c1-2-3-4-5-6-7-8-9-10-11-12-13-14-15-16/h12-13H,2-11,14-15H2,1H3. The van der Waals surface area contributed by atoms with Gasteiger partial charge in [0.1, 0.15) is 0 Å². The van der Waals surface area contributed by atoms with Gasteiger partial charge in [0.25, 0.3) is 0 Å². The lowest BCUT2D eigenvalue weighted by molar-refractivity contribution is -0.578. The van der Waals surface area contributed by atoms with Crippen LogP contribution in [0.2, 0.25) is 0 Å². The Hall–Kier alpha value is -0.340. The summed E-state index contributed by atoms with van der Waals surface area (Å²) in [5, 5.41) is 10.0. The van der Waals surface area contributed by atoms with Crippen molar-refractivity contribution in [2.24, 2.45) is 0 Å². The van der Waals surface area contributed by atoms with Gasteiger partial charge in [0.15, 0.2) is 0 Å². The Morgan fingerprint density at radius 2 is 1.38 bits per heavy atom. The van der Waals surface area contributed by atoms with Crippen LogP contribution in [0, 0.1) is 5.21 Å². The molecule has 0 fully saturated rings. The van der Waals surface area contributed by atoms with Gasteiger partial charge in [0.2, 0.25) is 0 Å². The average Bonchev–Trinajstić information content (AvgIpc) is 2.31. The van der Waals surface area contributed by atoms with Crippen molar-refractivity contribution in [3.8, 4) is 0 Å². The van der Waals surface area contributed by atoms with Crippen molar-refractivity contribution < 1.29 is 5.48 Å². The Morgan fingerprint density at radius 3 is 1.94 bits per heavy atom. The van der Waals surface area contributed by atoms with Gasteiger partial charge in [-0.25, -0.2) is 0 Å². The number of hydroxylamine groups is 1. The van der Waals surface area contributed by atoms with E-state index in [-0.39, 0.29) is 0 Å². The molecule has 0 aliphatic heterocycles. The summed E-state index contributed by atoms with van der Waals surface area (Å²) in [7, 11) is 0. The molecule has 2 N–H and O–H groups in total. The molecule has 0 aliphatic carbocycles. The molecule has 0 aromatic rings. The zero-order chi connectivity index (χ0) is 11.9. The molecular formula is C14H29NO. The first kappa shape index (κ1) is 15.7. The molecule has 2 heteroatoms. The van der Waals surface area contributed by atoms with Crippen molar-refractivity contribution in [1.82, 2.24) is 0 Å². The molecule has 0 spiro atoms. The second kappa shape index (κ2) is 14.7. The molecule has 0 bridgehead atoms. The second-order valence-electron chi connectivity index (χ2n) is 4.49. The van der Waals surface area contributed by atoms with Crippen LogP contribution < -0.4 is 5.48 Å². The molecule has 0 saturated heterocycles. The van der Waals surface area contributed by atoms with Gasteiger partial charge < -0.3 is 10.7 Å². The molecule has 0 aromatic heterocycles. The van der Waals surface area contributed by atoms with Gasteiger partial charge in [0.05, 0.1) is 6.54 Å². The highest BCUT2D eigenvalue weighted by Crippen LogP contribution is 2.10. The van der Waals surface area contributed by atoms with Crippen LogP contribution >= 0.6 is 0 Å². The predicted octanol–water partition coefficient (Wildman–Crippen LogP) is 3.52. The highest BCUT2D eigenvalue weighted by Gasteiger charge is 1.90. The van der Waals surface area contributed by atoms with E-state index in [9.17, 15) is 5.21 Å². The summed E-state index contributed by atoms with van der Waals surface area (Å²) in [5.74, 6) is 0. The molecule has 0 aliphatic rings. The van der Waals surface area contributed by atoms with Crippen LogP contribution in [0.4, 0.5) is 0 Å². The van der Waals surface area contributed by atoms with E-state index in [4.69, 9.17) is 0 Å². The number of quaternary nitrogens is 1. The fourth-order valence-corrected chi connectivity index (χ4v) is 1.84. The molecule has 0 unspecified atom stereocenters. The summed E-state index contributed by atoms with van der Waals surface area (Å²) in [6.07, 6.45) is 17.7. The molecule has 0 saturated carbocycles. The molecule has 0 radical (unpaired) electrons. The van der Waals surface area contributed by atoms with Gasteiger partial charge in [-0.3, -0.25) is 0 Å². The van der Waals surface area contributed by atoms with E-state index in [2.05, 4.69) is 13.0 Å². The van der Waals surface area contributed by atoms with E-state index >= 15 is 0 Å². The Labute approximate surface area is 101 Å². The summed E-state index contributed by atoms with van der Waals surface area (Å²) in [5.41, 5.74) is 0.951. The fraction of sp³-hybridized carbons (Fsp3) is 0.857. The molecule has 96 valence electrons. The Balaban J connectivity index is 2.93. The summed E-state index contributed by atoms with van der Waals surface area (Å²) in [6.45, 7) is 2.84. The molecule has 16 heavy (non-hydrogen) atoms. The SMILES string of the molecule is CCCCCCCCCCCC=CC[NH2+][O-]. The summed E-state index contributed by atoms with van der Waals surface area (Å²) >= 11 is 0. The van der Waals surface area contributed by atoms with Gasteiger partial charge in [-0.2, -0.15) is 0 Å². The van der Waals surface area contributed by atoms with Gasteiger partial charge in [-0.15, -0.1) is 0 Å². The minimum Gasteiger partial charge on any atom is -0.636 e. The lowest BCUT2D eigenvalue weighted by Crippen LogP contribution is -2.76. The van der Waals surface area contributed by atoms with Crippen LogP contribution in [-0.2, 0) is 0 Å².